The fraction of sp³-hybridized carbons (Fsp3) is 0.273. The van der Waals surface area contributed by atoms with E-state index >= 15 is 0 Å². The molecule has 0 aliphatic carbocycles. The second-order valence-corrected chi connectivity index (χ2v) is 3.92. The van der Waals surface area contributed by atoms with Gasteiger partial charge in [-0.15, -0.1) is 0 Å². The molecule has 0 radical (unpaired) electrons. The highest BCUT2D eigenvalue weighted by Gasteiger charge is 2.26. The minimum Gasteiger partial charge on any atom is -0.271 e. The molecule has 0 saturated heterocycles. The van der Waals surface area contributed by atoms with Crippen molar-refractivity contribution in [3.8, 4) is 0 Å². The Bertz CT molecular complexity index is 587. The molecule has 1 aliphatic heterocycles. The first-order valence-electron chi connectivity index (χ1n) is 5.17. The van der Waals surface area contributed by atoms with Gasteiger partial charge in [-0.05, 0) is 24.1 Å². The van der Waals surface area contributed by atoms with Crippen molar-refractivity contribution in [2.24, 2.45) is 0 Å². The van der Waals surface area contributed by atoms with E-state index in [4.69, 9.17) is 0 Å². The third kappa shape index (κ3) is 1.28. The molecule has 16 heavy (non-hydrogen) atoms. The van der Waals surface area contributed by atoms with Crippen LogP contribution in [0, 0.1) is 5.82 Å². The van der Waals surface area contributed by atoms with Gasteiger partial charge >= 0.3 is 5.69 Å². The van der Waals surface area contributed by atoms with Crippen LogP contribution in [0.2, 0.25) is 0 Å². The Balaban J connectivity index is 2.10. The van der Waals surface area contributed by atoms with Gasteiger partial charge in [0.2, 0.25) is 0 Å². The highest BCUT2D eigenvalue weighted by molar-refractivity contribution is 5.23. The Hall–Kier alpha value is -1.91. The molecule has 5 heteroatoms. The van der Waals surface area contributed by atoms with Crippen LogP contribution in [-0.2, 0) is 6.42 Å². The third-order valence-electron chi connectivity index (χ3n) is 2.96. The summed E-state index contributed by atoms with van der Waals surface area (Å²) in [4.78, 5) is 11.5. The van der Waals surface area contributed by atoms with Crippen LogP contribution in [0.1, 0.15) is 23.9 Å². The number of rotatable bonds is 1. The summed E-state index contributed by atoms with van der Waals surface area (Å²) in [5.41, 5.74) is 0.601. The molecule has 1 unspecified atom stereocenters. The zero-order chi connectivity index (χ0) is 11.1. The van der Waals surface area contributed by atoms with Gasteiger partial charge in [0.25, 0.3) is 0 Å². The zero-order valence-electron chi connectivity index (χ0n) is 8.48. The lowest BCUT2D eigenvalue weighted by atomic mass is 10.0. The van der Waals surface area contributed by atoms with E-state index < -0.39 is 0 Å². The van der Waals surface area contributed by atoms with Gasteiger partial charge in [-0.25, -0.2) is 14.3 Å². The summed E-state index contributed by atoms with van der Waals surface area (Å²) in [5.74, 6) is 0.474. The molecular formula is C11H10FN3O. The molecule has 2 aromatic rings. The molecule has 1 aliphatic rings. The van der Waals surface area contributed by atoms with Crippen LogP contribution in [0.4, 0.5) is 4.39 Å². The first kappa shape index (κ1) is 9.33. The molecule has 1 aromatic carbocycles. The minimum atomic E-state index is -0.275. The SMILES string of the molecule is O=c1[nH]nc2n1C(c1cccc(F)c1)CC2. The van der Waals surface area contributed by atoms with Crippen LogP contribution in [0.25, 0.3) is 0 Å². The minimum absolute atomic E-state index is 0.0862. The van der Waals surface area contributed by atoms with Crippen LogP contribution in [0.3, 0.4) is 0 Å². The van der Waals surface area contributed by atoms with Crippen molar-refractivity contribution in [1.29, 1.82) is 0 Å². The predicted octanol–water partition coefficient (Wildman–Crippen LogP) is 1.25. The van der Waals surface area contributed by atoms with Crippen molar-refractivity contribution in [3.05, 3.63) is 52.0 Å². The van der Waals surface area contributed by atoms with Crippen molar-refractivity contribution in [2.45, 2.75) is 18.9 Å². The maximum atomic E-state index is 13.1. The summed E-state index contributed by atoms with van der Waals surface area (Å²) < 4.78 is 14.7. The average molecular weight is 219 g/mol. The zero-order valence-corrected chi connectivity index (χ0v) is 8.48. The molecule has 1 aromatic heterocycles. The maximum absolute atomic E-state index is 13.1. The lowest BCUT2D eigenvalue weighted by molar-refractivity contribution is 0.582. The quantitative estimate of drug-likeness (QED) is 0.784. The fourth-order valence-corrected chi connectivity index (χ4v) is 2.26. The smallest absolute Gasteiger partial charge is 0.271 e. The van der Waals surface area contributed by atoms with Crippen molar-refractivity contribution >= 4 is 0 Å². The lowest BCUT2D eigenvalue weighted by Gasteiger charge is -2.11. The Morgan fingerprint density at radius 1 is 1.50 bits per heavy atom. The topological polar surface area (TPSA) is 50.7 Å². The van der Waals surface area contributed by atoms with Gasteiger partial charge in [0, 0.05) is 6.42 Å². The molecule has 3 rings (SSSR count). The molecule has 1 N–H and O–H groups in total. The van der Waals surface area contributed by atoms with E-state index in [0.29, 0.717) is 0 Å². The second kappa shape index (κ2) is 3.30. The second-order valence-electron chi connectivity index (χ2n) is 3.92. The number of H-pyrrole nitrogens is 1. The van der Waals surface area contributed by atoms with Gasteiger partial charge in [0.15, 0.2) is 0 Å². The highest BCUT2D eigenvalue weighted by atomic mass is 19.1. The van der Waals surface area contributed by atoms with Crippen molar-refractivity contribution in [3.63, 3.8) is 0 Å². The third-order valence-corrected chi connectivity index (χ3v) is 2.96. The summed E-state index contributed by atoms with van der Waals surface area (Å²) in [6.07, 6.45) is 1.55. The van der Waals surface area contributed by atoms with Crippen LogP contribution in [0.15, 0.2) is 29.1 Å². The van der Waals surface area contributed by atoms with Gasteiger partial charge in [0.05, 0.1) is 6.04 Å². The van der Waals surface area contributed by atoms with Gasteiger partial charge in [-0.3, -0.25) is 4.57 Å². The van der Waals surface area contributed by atoms with Gasteiger partial charge in [-0.2, -0.15) is 5.10 Å². The number of hydrogen-bond acceptors (Lipinski definition) is 2. The van der Waals surface area contributed by atoms with E-state index in [1.165, 1.54) is 12.1 Å². The lowest BCUT2D eigenvalue weighted by Crippen LogP contribution is -2.20. The first-order chi connectivity index (χ1) is 7.75. The van der Waals surface area contributed by atoms with Crippen molar-refractivity contribution in [1.82, 2.24) is 14.8 Å². The molecule has 2 heterocycles. The van der Waals surface area contributed by atoms with Crippen LogP contribution in [-0.4, -0.2) is 14.8 Å². The standard InChI is InChI=1S/C11H10FN3O/c12-8-3-1-2-7(6-8)9-4-5-10-13-14-11(16)15(9)10/h1-3,6,9H,4-5H2,(H,14,16). The van der Waals surface area contributed by atoms with Gasteiger partial charge < -0.3 is 0 Å². The number of hydrogen-bond donors (Lipinski definition) is 1. The van der Waals surface area contributed by atoms with E-state index in [1.54, 1.807) is 10.6 Å². The average Bonchev–Trinajstić information content (AvgIpc) is 2.82. The van der Waals surface area contributed by atoms with E-state index in [0.717, 1.165) is 24.2 Å². The summed E-state index contributed by atoms with van der Waals surface area (Å²) in [7, 11) is 0. The van der Waals surface area contributed by atoms with E-state index in [1.807, 2.05) is 6.07 Å². The summed E-state index contributed by atoms with van der Waals surface area (Å²) >= 11 is 0. The molecule has 0 spiro atoms. The van der Waals surface area contributed by atoms with Crippen LogP contribution in [0.5, 0.6) is 0 Å². The Morgan fingerprint density at radius 3 is 3.19 bits per heavy atom. The first-order valence-corrected chi connectivity index (χ1v) is 5.17. The number of benzene rings is 1. The molecule has 0 amide bonds. The molecule has 4 nitrogen and oxygen atoms in total. The number of nitrogens with zero attached hydrogens (tertiary/aromatic N) is 2. The molecule has 0 fully saturated rings. The predicted molar refractivity (Wildman–Crippen MR) is 55.7 cm³/mol. The van der Waals surface area contributed by atoms with E-state index in [-0.39, 0.29) is 17.5 Å². The number of fused-ring (bicyclic) bond motifs is 1. The number of nitrogens with one attached hydrogen (secondary N) is 1. The largest absolute Gasteiger partial charge is 0.343 e. The molecule has 0 saturated carbocycles. The summed E-state index contributed by atoms with van der Waals surface area (Å²) in [6, 6.07) is 6.28. The molecule has 82 valence electrons. The highest BCUT2D eigenvalue weighted by Crippen LogP contribution is 2.28. The van der Waals surface area contributed by atoms with Crippen molar-refractivity contribution < 1.29 is 4.39 Å². The van der Waals surface area contributed by atoms with Crippen molar-refractivity contribution in [2.75, 3.05) is 0 Å². The number of aromatic amines is 1. The van der Waals surface area contributed by atoms with Gasteiger partial charge in [-0.1, -0.05) is 12.1 Å². The normalized spacial score (nSPS) is 18.7. The van der Waals surface area contributed by atoms with E-state index in [9.17, 15) is 9.18 Å². The Morgan fingerprint density at radius 2 is 2.38 bits per heavy atom. The molecular weight excluding hydrogens is 209 g/mol. The number of halogens is 1. The molecule has 0 bridgehead atoms. The molecule has 1 atom stereocenters. The Kier molecular flexibility index (Phi) is 1.92. The van der Waals surface area contributed by atoms with Gasteiger partial charge in [0.1, 0.15) is 11.6 Å². The van der Waals surface area contributed by atoms with Crippen LogP contribution >= 0.6 is 0 Å². The number of aromatic nitrogens is 3. The summed E-state index contributed by atoms with van der Waals surface area (Å²) in [5, 5.41) is 6.34. The van der Waals surface area contributed by atoms with E-state index in [2.05, 4.69) is 10.2 Å². The monoisotopic (exact) mass is 219 g/mol. The van der Waals surface area contributed by atoms with Crippen LogP contribution < -0.4 is 5.69 Å². The Labute approximate surface area is 90.7 Å². The summed E-state index contributed by atoms with van der Waals surface area (Å²) in [6.45, 7) is 0. The number of aryl methyl sites for hydroxylation is 1. The maximum Gasteiger partial charge on any atom is 0.343 e. The fourth-order valence-electron chi connectivity index (χ4n) is 2.26.